The average molecular weight is 552 g/mol. The van der Waals surface area contributed by atoms with Crippen molar-refractivity contribution in [3.8, 4) is 6.07 Å². The van der Waals surface area contributed by atoms with Gasteiger partial charge < -0.3 is 9.80 Å². The van der Waals surface area contributed by atoms with E-state index in [9.17, 15) is 5.26 Å². The van der Waals surface area contributed by atoms with Crippen molar-refractivity contribution >= 4 is 44.6 Å². The summed E-state index contributed by atoms with van der Waals surface area (Å²) in [6.07, 6.45) is 0. The van der Waals surface area contributed by atoms with Crippen molar-refractivity contribution in [1.82, 2.24) is 19.2 Å². The Hall–Kier alpha value is -3.91. The van der Waals surface area contributed by atoms with E-state index in [-0.39, 0.29) is 0 Å². The van der Waals surface area contributed by atoms with E-state index in [0.29, 0.717) is 21.9 Å². The van der Waals surface area contributed by atoms with Crippen molar-refractivity contribution in [2.24, 2.45) is 10.2 Å². The topological polar surface area (TPSA) is 87.2 Å². The van der Waals surface area contributed by atoms with E-state index in [1.54, 1.807) is 6.07 Å². The maximum Gasteiger partial charge on any atom is 0.175 e. The number of aromatic nitrogens is 2. The van der Waals surface area contributed by atoms with Crippen LogP contribution in [0.4, 0.5) is 22.1 Å². The van der Waals surface area contributed by atoms with E-state index in [1.165, 1.54) is 22.9 Å². The molecule has 2 fully saturated rings. The van der Waals surface area contributed by atoms with Gasteiger partial charge in [0.15, 0.2) is 10.6 Å². The molecule has 204 valence electrons. The second kappa shape index (κ2) is 12.1. The zero-order chi connectivity index (χ0) is 27.3. The Bertz CT molecular complexity index is 1490. The van der Waals surface area contributed by atoms with Crippen molar-refractivity contribution in [2.45, 2.75) is 6.92 Å². The van der Waals surface area contributed by atoms with Gasteiger partial charge in [0.1, 0.15) is 6.07 Å². The number of fused-ring (bicyclic) bond motifs is 1. The molecule has 0 aliphatic carbocycles. The number of nitrogens with zero attached hydrogens (tertiary/aromatic N) is 9. The van der Waals surface area contributed by atoms with Crippen LogP contribution in [-0.2, 0) is 0 Å². The van der Waals surface area contributed by atoms with Gasteiger partial charge in [-0.3, -0.25) is 9.80 Å². The van der Waals surface area contributed by atoms with Crippen molar-refractivity contribution in [3.63, 3.8) is 0 Å². The fraction of sp³-hybridized carbons (Fsp3) is 0.367. The molecule has 0 bridgehead atoms. The number of para-hydroxylation sites is 1. The first-order valence-electron chi connectivity index (χ1n) is 13.8. The summed E-state index contributed by atoms with van der Waals surface area (Å²) in [5.74, 6) is 0. The first kappa shape index (κ1) is 26.3. The number of hydrogen-bond donors (Lipinski definition) is 0. The number of anilines is 2. The highest BCUT2D eigenvalue weighted by atomic mass is 32.1. The molecule has 0 atom stereocenters. The molecule has 9 nitrogen and oxygen atoms in total. The number of piperazine rings is 2. The van der Waals surface area contributed by atoms with Gasteiger partial charge in [0.25, 0.3) is 0 Å². The normalized spacial score (nSPS) is 17.1. The number of benzene rings is 2. The summed E-state index contributed by atoms with van der Waals surface area (Å²) < 4.78 is 4.35. The Balaban J connectivity index is 0.965. The number of aryl methyl sites for hydroxylation is 1. The molecule has 10 heteroatoms. The van der Waals surface area contributed by atoms with Crippen LogP contribution in [0.15, 0.2) is 70.9 Å². The molecular formula is C30H33N9S. The molecule has 0 saturated carbocycles. The highest BCUT2D eigenvalue weighted by Gasteiger charge is 2.20. The van der Waals surface area contributed by atoms with Gasteiger partial charge in [0.2, 0.25) is 0 Å². The first-order chi connectivity index (χ1) is 19.7. The zero-order valence-corrected chi connectivity index (χ0v) is 23.6. The predicted octanol–water partition coefficient (Wildman–Crippen LogP) is 5.23. The monoisotopic (exact) mass is 551 g/mol. The summed E-state index contributed by atoms with van der Waals surface area (Å²) >= 11 is 1.25. The summed E-state index contributed by atoms with van der Waals surface area (Å²) in [4.78, 5) is 14.5. The summed E-state index contributed by atoms with van der Waals surface area (Å²) in [5, 5.41) is 19.6. The van der Waals surface area contributed by atoms with Crippen LogP contribution in [0.25, 0.3) is 11.0 Å². The smallest absolute Gasteiger partial charge is 0.175 e. The largest absolute Gasteiger partial charge is 0.369 e. The third-order valence-electron chi connectivity index (χ3n) is 7.83. The van der Waals surface area contributed by atoms with Gasteiger partial charge in [0, 0.05) is 76.8 Å². The van der Waals surface area contributed by atoms with Crippen molar-refractivity contribution in [2.75, 3.05) is 75.2 Å². The predicted molar refractivity (Wildman–Crippen MR) is 161 cm³/mol. The van der Waals surface area contributed by atoms with E-state index in [1.807, 2.05) is 19.1 Å². The molecule has 2 aliphatic rings. The fourth-order valence-corrected chi connectivity index (χ4v) is 5.99. The second-order valence-corrected chi connectivity index (χ2v) is 11.1. The molecule has 4 heterocycles. The molecule has 2 aliphatic heterocycles. The highest BCUT2D eigenvalue weighted by molar-refractivity contribution is 7.11. The van der Waals surface area contributed by atoms with Gasteiger partial charge in [-0.1, -0.05) is 18.2 Å². The Kier molecular flexibility index (Phi) is 7.95. The minimum absolute atomic E-state index is 0.537. The van der Waals surface area contributed by atoms with Crippen molar-refractivity contribution in [1.29, 1.82) is 5.26 Å². The number of pyridine rings is 1. The SMILES string of the molecule is Cc1nc2nsc(N=Nc3ccc(N4CCN(CCN5CCN(c6ccccc6)CC5)CC4)cc3)c2cc1C#N. The Labute approximate surface area is 239 Å². The molecule has 2 saturated heterocycles. The van der Waals surface area contributed by atoms with Crippen molar-refractivity contribution < 1.29 is 0 Å². The molecule has 4 aromatic rings. The number of nitriles is 1. The van der Waals surface area contributed by atoms with E-state index in [2.05, 4.69) is 87.7 Å². The van der Waals surface area contributed by atoms with E-state index < -0.39 is 0 Å². The third-order valence-corrected chi connectivity index (χ3v) is 8.57. The van der Waals surface area contributed by atoms with E-state index in [0.717, 1.165) is 76.5 Å². The number of azo groups is 1. The van der Waals surface area contributed by atoms with Gasteiger partial charge in [-0.2, -0.15) is 9.64 Å². The van der Waals surface area contributed by atoms with Gasteiger partial charge in [-0.25, -0.2) is 4.98 Å². The van der Waals surface area contributed by atoms with E-state index in [4.69, 9.17) is 0 Å². The highest BCUT2D eigenvalue weighted by Crippen LogP contribution is 2.32. The summed E-state index contributed by atoms with van der Waals surface area (Å²) in [5.41, 5.74) is 5.17. The molecule has 0 amide bonds. The number of rotatable bonds is 7. The summed E-state index contributed by atoms with van der Waals surface area (Å²) in [7, 11) is 0. The fourth-order valence-electron chi connectivity index (χ4n) is 5.35. The number of hydrogen-bond acceptors (Lipinski definition) is 10. The molecule has 0 unspecified atom stereocenters. The van der Waals surface area contributed by atoms with Gasteiger partial charge in [-0.15, -0.1) is 10.2 Å². The molecular weight excluding hydrogens is 518 g/mol. The standard InChI is InChI=1S/C30H33N9S/c1-23-24(22-31)21-28-29(32-23)35-40-30(28)34-33-25-7-9-27(10-8-25)39-19-15-37(16-20-39)12-11-36-13-17-38(18-14-36)26-5-3-2-4-6-26/h2-10,21H,11-20H2,1H3. The van der Waals surface area contributed by atoms with Crippen LogP contribution in [0.2, 0.25) is 0 Å². The lowest BCUT2D eigenvalue weighted by Crippen LogP contribution is -2.51. The maximum atomic E-state index is 9.31. The van der Waals surface area contributed by atoms with Crippen LogP contribution < -0.4 is 9.80 Å². The molecule has 0 N–H and O–H groups in total. The molecule has 6 rings (SSSR count). The minimum atomic E-state index is 0.537. The molecule has 0 spiro atoms. The van der Waals surface area contributed by atoms with Gasteiger partial charge >= 0.3 is 0 Å². The van der Waals surface area contributed by atoms with Crippen molar-refractivity contribution in [3.05, 3.63) is 71.9 Å². The summed E-state index contributed by atoms with van der Waals surface area (Å²) in [6.45, 7) is 12.8. The molecule has 0 radical (unpaired) electrons. The zero-order valence-electron chi connectivity index (χ0n) is 22.8. The lowest BCUT2D eigenvalue weighted by molar-refractivity contribution is 0.190. The lowest BCUT2D eigenvalue weighted by Gasteiger charge is -2.39. The third kappa shape index (κ3) is 5.97. The first-order valence-corrected chi connectivity index (χ1v) is 14.6. The van der Waals surface area contributed by atoms with Crippen LogP contribution in [0.3, 0.4) is 0 Å². The quantitative estimate of drug-likeness (QED) is 0.291. The van der Waals surface area contributed by atoms with Crippen LogP contribution in [-0.4, -0.2) is 84.6 Å². The van der Waals surface area contributed by atoms with Crippen LogP contribution in [0.1, 0.15) is 11.3 Å². The lowest BCUT2D eigenvalue weighted by atomic mass is 10.2. The van der Waals surface area contributed by atoms with Crippen LogP contribution in [0, 0.1) is 18.3 Å². The second-order valence-electron chi connectivity index (χ2n) is 10.3. The minimum Gasteiger partial charge on any atom is -0.369 e. The Morgan fingerprint density at radius 3 is 2.00 bits per heavy atom. The van der Waals surface area contributed by atoms with Crippen LogP contribution >= 0.6 is 11.5 Å². The van der Waals surface area contributed by atoms with Gasteiger partial charge in [0.05, 0.1) is 22.3 Å². The average Bonchev–Trinajstić information content (AvgIpc) is 3.41. The van der Waals surface area contributed by atoms with E-state index >= 15 is 0 Å². The maximum absolute atomic E-state index is 9.31. The molecule has 40 heavy (non-hydrogen) atoms. The van der Waals surface area contributed by atoms with Crippen LogP contribution in [0.5, 0.6) is 0 Å². The molecule has 2 aromatic carbocycles. The summed E-state index contributed by atoms with van der Waals surface area (Å²) in [6, 6.07) is 23.0. The Morgan fingerprint density at radius 1 is 0.800 bits per heavy atom. The van der Waals surface area contributed by atoms with Gasteiger partial charge in [-0.05, 0) is 60.9 Å². The molecule has 2 aromatic heterocycles. The Morgan fingerprint density at radius 2 is 1.40 bits per heavy atom.